The Morgan fingerprint density at radius 3 is 2.45 bits per heavy atom. The topological polar surface area (TPSA) is 55.4 Å². The first-order valence-electron chi connectivity index (χ1n) is 7.48. The Morgan fingerprint density at radius 1 is 1.18 bits per heavy atom. The predicted molar refractivity (Wildman–Crippen MR) is 85.1 cm³/mol. The lowest BCUT2D eigenvalue weighted by atomic mass is 9.75. The number of carbonyl (C=O) groups excluding carboxylic acids is 2. The quantitative estimate of drug-likeness (QED) is 0.820. The van der Waals surface area contributed by atoms with E-state index in [1.54, 1.807) is 18.2 Å². The maximum absolute atomic E-state index is 12.7. The van der Waals surface area contributed by atoms with E-state index in [1.807, 2.05) is 0 Å². The molecule has 1 atom stereocenters. The summed E-state index contributed by atoms with van der Waals surface area (Å²) in [6.07, 6.45) is 4.67. The molecule has 22 heavy (non-hydrogen) atoms. The molecule has 1 unspecified atom stereocenters. The van der Waals surface area contributed by atoms with Crippen molar-refractivity contribution in [3.63, 3.8) is 0 Å². The molecule has 1 aliphatic heterocycles. The number of hydrogen-bond acceptors (Lipinski definition) is 3. The Bertz CT molecular complexity index is 591. The monoisotopic (exact) mass is 341 g/mol. The van der Waals surface area contributed by atoms with Crippen LogP contribution in [0.1, 0.15) is 38.5 Å². The lowest BCUT2D eigenvalue weighted by Crippen LogP contribution is -2.43. The number of benzene rings is 1. The second kappa shape index (κ2) is 6.09. The molecule has 1 saturated heterocycles. The zero-order valence-electron chi connectivity index (χ0n) is 12.0. The first kappa shape index (κ1) is 15.6. The van der Waals surface area contributed by atoms with Crippen LogP contribution in [0.4, 0.5) is 5.69 Å². The Labute approximate surface area is 139 Å². The summed E-state index contributed by atoms with van der Waals surface area (Å²) in [5.41, 5.74) is -0.256. The lowest BCUT2D eigenvalue weighted by molar-refractivity contribution is -0.153. The fourth-order valence-corrected chi connectivity index (χ4v) is 3.94. The van der Waals surface area contributed by atoms with Crippen molar-refractivity contribution in [1.29, 1.82) is 0 Å². The van der Waals surface area contributed by atoms with Gasteiger partial charge in [0.15, 0.2) is 0 Å². The third-order valence-electron chi connectivity index (χ3n) is 4.55. The van der Waals surface area contributed by atoms with Crippen molar-refractivity contribution in [1.82, 2.24) is 0 Å². The molecule has 1 N–H and O–H groups in total. The van der Waals surface area contributed by atoms with Gasteiger partial charge in [-0.3, -0.25) is 9.59 Å². The van der Waals surface area contributed by atoms with Gasteiger partial charge in [-0.1, -0.05) is 35.7 Å². The summed E-state index contributed by atoms with van der Waals surface area (Å²) in [5.74, 6) is -1.03. The van der Waals surface area contributed by atoms with Crippen LogP contribution in [-0.4, -0.2) is 17.5 Å². The highest BCUT2D eigenvalue weighted by Crippen LogP contribution is 2.45. The van der Waals surface area contributed by atoms with E-state index in [4.69, 9.17) is 27.9 Å². The molecule has 1 aromatic rings. The zero-order chi connectivity index (χ0) is 15.7. The van der Waals surface area contributed by atoms with Gasteiger partial charge in [0.25, 0.3) is 0 Å². The molecule has 1 aliphatic carbocycles. The van der Waals surface area contributed by atoms with E-state index in [2.05, 4.69) is 5.32 Å². The highest BCUT2D eigenvalue weighted by atomic mass is 35.5. The normalized spacial score (nSPS) is 23.4. The van der Waals surface area contributed by atoms with Gasteiger partial charge < -0.3 is 10.1 Å². The van der Waals surface area contributed by atoms with E-state index in [0.29, 0.717) is 15.7 Å². The zero-order valence-corrected chi connectivity index (χ0v) is 13.5. The summed E-state index contributed by atoms with van der Waals surface area (Å²) in [4.78, 5) is 24.4. The molecule has 0 bridgehead atoms. The van der Waals surface area contributed by atoms with Crippen molar-refractivity contribution >= 4 is 40.8 Å². The van der Waals surface area contributed by atoms with Gasteiger partial charge in [-0.15, -0.1) is 0 Å². The molecule has 1 amide bonds. The van der Waals surface area contributed by atoms with Crippen LogP contribution in [0.25, 0.3) is 0 Å². The number of rotatable bonds is 2. The van der Waals surface area contributed by atoms with Crippen molar-refractivity contribution in [3.05, 3.63) is 28.2 Å². The Kier molecular flexibility index (Phi) is 4.33. The third-order valence-corrected chi connectivity index (χ3v) is 5.18. The summed E-state index contributed by atoms with van der Waals surface area (Å²) in [7, 11) is 0. The van der Waals surface area contributed by atoms with E-state index in [0.717, 1.165) is 32.1 Å². The molecule has 0 radical (unpaired) electrons. The standard InChI is InChI=1S/C16H17Cl2NO3/c17-11-5-4-6-12(18)14(11)19-15(21)10-9-13(20)22-16(10)7-2-1-3-8-16/h4-6,10H,1-3,7-9H2,(H,19,21). The number of esters is 1. The molecule has 118 valence electrons. The molecular weight excluding hydrogens is 325 g/mol. The fraction of sp³-hybridized carbons (Fsp3) is 0.500. The maximum atomic E-state index is 12.7. The van der Waals surface area contributed by atoms with Crippen molar-refractivity contribution in [2.24, 2.45) is 5.92 Å². The number of para-hydroxylation sites is 1. The molecule has 1 saturated carbocycles. The highest BCUT2D eigenvalue weighted by Gasteiger charge is 2.52. The van der Waals surface area contributed by atoms with E-state index >= 15 is 0 Å². The van der Waals surface area contributed by atoms with Crippen LogP contribution in [0.5, 0.6) is 0 Å². The lowest BCUT2D eigenvalue weighted by Gasteiger charge is -2.36. The van der Waals surface area contributed by atoms with Crippen molar-refractivity contribution in [2.45, 2.75) is 44.1 Å². The molecule has 3 rings (SSSR count). The minimum Gasteiger partial charge on any atom is -0.458 e. The molecular formula is C16H17Cl2NO3. The third kappa shape index (κ3) is 2.82. The van der Waals surface area contributed by atoms with Gasteiger partial charge >= 0.3 is 5.97 Å². The van der Waals surface area contributed by atoms with Crippen LogP contribution in [0.15, 0.2) is 18.2 Å². The van der Waals surface area contributed by atoms with Crippen molar-refractivity contribution < 1.29 is 14.3 Å². The number of nitrogens with one attached hydrogen (secondary N) is 1. The van der Waals surface area contributed by atoms with Gasteiger partial charge in [0.2, 0.25) is 5.91 Å². The van der Waals surface area contributed by atoms with Crippen molar-refractivity contribution in [2.75, 3.05) is 5.32 Å². The van der Waals surface area contributed by atoms with Gasteiger partial charge in [-0.2, -0.15) is 0 Å². The number of carbonyl (C=O) groups is 2. The van der Waals surface area contributed by atoms with Crippen LogP contribution in [0.3, 0.4) is 0 Å². The smallest absolute Gasteiger partial charge is 0.307 e. The largest absolute Gasteiger partial charge is 0.458 e. The minimum atomic E-state index is -0.646. The van der Waals surface area contributed by atoms with Crippen LogP contribution in [0, 0.1) is 5.92 Å². The molecule has 4 nitrogen and oxygen atoms in total. The molecule has 0 aromatic heterocycles. The Morgan fingerprint density at radius 2 is 1.82 bits per heavy atom. The summed E-state index contributed by atoms with van der Waals surface area (Å²) in [6, 6.07) is 5.04. The Hall–Kier alpha value is -1.26. The van der Waals surface area contributed by atoms with E-state index < -0.39 is 11.5 Å². The van der Waals surface area contributed by atoms with Crippen molar-refractivity contribution in [3.8, 4) is 0 Å². The van der Waals surface area contributed by atoms with Gasteiger partial charge in [0, 0.05) is 0 Å². The molecule has 2 fully saturated rings. The molecule has 2 aliphatic rings. The number of anilines is 1. The molecule has 1 heterocycles. The average molecular weight is 342 g/mol. The summed E-state index contributed by atoms with van der Waals surface area (Å²) in [5, 5.41) is 3.53. The van der Waals surface area contributed by atoms with Gasteiger partial charge in [0.05, 0.1) is 28.1 Å². The number of amides is 1. The van der Waals surface area contributed by atoms with Gasteiger partial charge in [-0.25, -0.2) is 0 Å². The predicted octanol–water partition coefficient (Wildman–Crippen LogP) is 4.20. The molecule has 1 spiro atoms. The van der Waals surface area contributed by atoms with Gasteiger partial charge in [-0.05, 0) is 37.8 Å². The van der Waals surface area contributed by atoms with Crippen LogP contribution < -0.4 is 5.32 Å². The number of halogens is 2. The van der Waals surface area contributed by atoms with E-state index in [9.17, 15) is 9.59 Å². The second-order valence-corrected chi connectivity index (χ2v) is 6.76. The SMILES string of the molecule is O=C1CC(C(=O)Nc2c(Cl)cccc2Cl)C2(CCCCC2)O1. The van der Waals surface area contributed by atoms with Crippen LogP contribution in [0.2, 0.25) is 10.0 Å². The van der Waals surface area contributed by atoms with E-state index in [1.165, 1.54) is 0 Å². The maximum Gasteiger partial charge on any atom is 0.307 e. The Balaban J connectivity index is 1.83. The minimum absolute atomic E-state index is 0.119. The summed E-state index contributed by atoms with van der Waals surface area (Å²) in [6.45, 7) is 0. The average Bonchev–Trinajstić information content (AvgIpc) is 2.80. The summed E-state index contributed by atoms with van der Waals surface area (Å²) >= 11 is 12.2. The number of hydrogen-bond donors (Lipinski definition) is 1. The molecule has 1 aromatic carbocycles. The van der Waals surface area contributed by atoms with Gasteiger partial charge in [0.1, 0.15) is 5.60 Å². The first-order valence-corrected chi connectivity index (χ1v) is 8.24. The van der Waals surface area contributed by atoms with Crippen LogP contribution in [-0.2, 0) is 14.3 Å². The highest BCUT2D eigenvalue weighted by molar-refractivity contribution is 6.39. The second-order valence-electron chi connectivity index (χ2n) is 5.94. The summed E-state index contributed by atoms with van der Waals surface area (Å²) < 4.78 is 5.56. The molecule has 6 heteroatoms. The van der Waals surface area contributed by atoms with Crippen LogP contribution >= 0.6 is 23.2 Å². The van der Waals surface area contributed by atoms with E-state index in [-0.39, 0.29) is 18.3 Å². The fourth-order valence-electron chi connectivity index (χ4n) is 3.45. The first-order chi connectivity index (χ1) is 10.5. The number of ether oxygens (including phenoxy) is 1.